The van der Waals surface area contributed by atoms with Crippen LogP contribution < -0.4 is 0 Å². The summed E-state index contributed by atoms with van der Waals surface area (Å²) in [7, 11) is 0. The average molecular weight is 344 g/mol. The Balaban J connectivity index is 2.76. The number of alkyl halides is 1. The number of rotatable bonds is 3. The highest BCUT2D eigenvalue weighted by atomic mass is 127. The molecule has 0 aliphatic carbocycles. The molecule has 0 amide bonds. The second kappa shape index (κ2) is 5.78. The number of aliphatic hydroxyl groups excluding tert-OH is 1. The van der Waals surface area contributed by atoms with Crippen molar-refractivity contribution in [3.8, 4) is 0 Å². The number of halogens is 1. The molecule has 0 aromatic carbocycles. The molecule has 0 spiro atoms. The lowest BCUT2D eigenvalue weighted by Crippen LogP contribution is -2.40. The van der Waals surface area contributed by atoms with Gasteiger partial charge in [-0.2, -0.15) is 0 Å². The zero-order chi connectivity index (χ0) is 12.3. The summed E-state index contributed by atoms with van der Waals surface area (Å²) in [6.45, 7) is 2.47. The van der Waals surface area contributed by atoms with Crippen LogP contribution in [0.5, 0.6) is 0 Å². The highest BCUT2D eigenvalue weighted by molar-refractivity contribution is 14.1. The third kappa shape index (κ3) is 3.29. The Bertz CT molecular complexity index is 281. The van der Waals surface area contributed by atoms with Gasteiger partial charge in [0.05, 0.1) is 0 Å². The second-order valence-electron chi connectivity index (χ2n) is 3.37. The first-order chi connectivity index (χ1) is 7.45. The van der Waals surface area contributed by atoms with Crippen LogP contribution in [0.3, 0.4) is 0 Å². The van der Waals surface area contributed by atoms with Gasteiger partial charge in [0.2, 0.25) is 0 Å². The van der Waals surface area contributed by atoms with E-state index in [1.165, 1.54) is 13.8 Å². The van der Waals surface area contributed by atoms with Gasteiger partial charge in [-0.15, -0.1) is 0 Å². The van der Waals surface area contributed by atoms with Crippen LogP contribution in [0.15, 0.2) is 0 Å². The van der Waals surface area contributed by atoms with Crippen LogP contribution in [-0.4, -0.2) is 46.1 Å². The molecule has 1 aliphatic heterocycles. The molecule has 1 rings (SSSR count). The first-order valence-corrected chi connectivity index (χ1v) is 6.22. The van der Waals surface area contributed by atoms with Crippen molar-refractivity contribution in [2.45, 2.75) is 38.4 Å². The van der Waals surface area contributed by atoms with E-state index in [9.17, 15) is 14.7 Å². The molecule has 0 bridgehead atoms. The predicted molar refractivity (Wildman–Crippen MR) is 60.9 cm³/mol. The largest absolute Gasteiger partial charge is 0.456 e. The third-order valence-corrected chi connectivity index (χ3v) is 2.91. The Morgan fingerprint density at radius 3 is 2.19 bits per heavy atom. The van der Waals surface area contributed by atoms with Crippen LogP contribution in [0.1, 0.15) is 13.8 Å². The smallest absolute Gasteiger partial charge is 0.303 e. The Morgan fingerprint density at radius 1 is 1.25 bits per heavy atom. The van der Waals surface area contributed by atoms with Crippen LogP contribution in [0, 0.1) is 0 Å². The molecule has 16 heavy (non-hydrogen) atoms. The SMILES string of the molecule is CC(=O)O[C@@H]1[C@@H](OC(C)=O)[C@@H](CI)O[C@@H]1O. The maximum Gasteiger partial charge on any atom is 0.303 e. The van der Waals surface area contributed by atoms with Crippen LogP contribution in [0.4, 0.5) is 0 Å². The van der Waals surface area contributed by atoms with E-state index in [1.807, 2.05) is 22.6 Å². The molecular weight excluding hydrogens is 331 g/mol. The second-order valence-corrected chi connectivity index (χ2v) is 4.25. The molecular formula is C9H13IO6. The lowest BCUT2D eigenvalue weighted by Gasteiger charge is -2.21. The lowest BCUT2D eigenvalue weighted by atomic mass is 10.1. The molecule has 1 aliphatic rings. The van der Waals surface area contributed by atoms with E-state index in [2.05, 4.69) is 0 Å². The first-order valence-electron chi connectivity index (χ1n) is 4.69. The number of carbonyl (C=O) groups is 2. The van der Waals surface area contributed by atoms with Crippen LogP contribution in [0.25, 0.3) is 0 Å². The molecule has 7 heteroatoms. The zero-order valence-corrected chi connectivity index (χ0v) is 11.0. The normalized spacial score (nSPS) is 33.5. The fourth-order valence-electron chi connectivity index (χ4n) is 1.48. The molecule has 1 saturated heterocycles. The number of carbonyl (C=O) groups excluding carboxylic acids is 2. The maximum absolute atomic E-state index is 10.9. The molecule has 0 radical (unpaired) electrons. The Labute approximate surface area is 106 Å². The van der Waals surface area contributed by atoms with Crippen LogP contribution in [-0.2, 0) is 23.8 Å². The summed E-state index contributed by atoms with van der Waals surface area (Å²) in [5, 5.41) is 9.53. The molecule has 0 aromatic rings. The molecule has 6 nitrogen and oxygen atoms in total. The quantitative estimate of drug-likeness (QED) is 0.441. The van der Waals surface area contributed by atoms with Gasteiger partial charge in [0.1, 0.15) is 6.10 Å². The van der Waals surface area contributed by atoms with Crippen LogP contribution >= 0.6 is 22.6 Å². The van der Waals surface area contributed by atoms with E-state index < -0.39 is 36.5 Å². The summed E-state index contributed by atoms with van der Waals surface area (Å²) in [4.78, 5) is 21.7. The van der Waals surface area contributed by atoms with Gasteiger partial charge in [0.25, 0.3) is 0 Å². The molecule has 0 aromatic heterocycles. The summed E-state index contributed by atoms with van der Waals surface area (Å²) in [5.41, 5.74) is 0. The number of hydrogen-bond acceptors (Lipinski definition) is 6. The molecule has 1 fully saturated rings. The van der Waals surface area contributed by atoms with Gasteiger partial charge in [0.15, 0.2) is 18.5 Å². The van der Waals surface area contributed by atoms with Gasteiger partial charge < -0.3 is 19.3 Å². The average Bonchev–Trinajstić information content (AvgIpc) is 2.44. The van der Waals surface area contributed by atoms with Gasteiger partial charge in [-0.05, 0) is 0 Å². The van der Waals surface area contributed by atoms with Crippen LogP contribution in [0.2, 0.25) is 0 Å². The molecule has 92 valence electrons. The summed E-state index contributed by atoms with van der Waals surface area (Å²) in [6.07, 6.45) is -3.44. The van der Waals surface area contributed by atoms with E-state index in [1.54, 1.807) is 0 Å². The number of aliphatic hydroxyl groups is 1. The molecule has 1 N–H and O–H groups in total. The third-order valence-electron chi connectivity index (χ3n) is 2.04. The standard InChI is InChI=1S/C9H13IO6/c1-4(11)14-7-6(3-10)16-9(13)8(7)15-5(2)12/h6-9,13H,3H2,1-2H3/t6-,7+,8-,9+/m1/s1. The minimum Gasteiger partial charge on any atom is -0.456 e. The van der Waals surface area contributed by atoms with Crippen molar-refractivity contribution in [3.05, 3.63) is 0 Å². The lowest BCUT2D eigenvalue weighted by molar-refractivity contribution is -0.174. The van der Waals surface area contributed by atoms with Crippen molar-refractivity contribution in [3.63, 3.8) is 0 Å². The highest BCUT2D eigenvalue weighted by Gasteiger charge is 2.47. The minimum absolute atomic E-state index is 0.469. The predicted octanol–water partition coefficient (Wildman–Crippen LogP) is 0.00200. The molecule has 0 saturated carbocycles. The minimum atomic E-state index is -1.26. The number of ether oxygens (including phenoxy) is 3. The maximum atomic E-state index is 10.9. The summed E-state index contributed by atoms with van der Waals surface area (Å²) in [6, 6.07) is 0. The van der Waals surface area contributed by atoms with E-state index in [0.717, 1.165) is 0 Å². The van der Waals surface area contributed by atoms with Gasteiger partial charge in [-0.25, -0.2) is 0 Å². The fourth-order valence-corrected chi connectivity index (χ4v) is 2.19. The van der Waals surface area contributed by atoms with E-state index in [4.69, 9.17) is 14.2 Å². The summed E-state index contributed by atoms with van der Waals surface area (Å²) < 4.78 is 15.5. The molecule has 0 unspecified atom stereocenters. The van der Waals surface area contributed by atoms with Gasteiger partial charge >= 0.3 is 11.9 Å². The van der Waals surface area contributed by atoms with Crippen molar-refractivity contribution < 1.29 is 28.9 Å². The first kappa shape index (κ1) is 13.7. The molecule has 4 atom stereocenters. The van der Waals surface area contributed by atoms with Crippen molar-refractivity contribution in [2.24, 2.45) is 0 Å². The summed E-state index contributed by atoms with van der Waals surface area (Å²) >= 11 is 2.04. The van der Waals surface area contributed by atoms with Crippen molar-refractivity contribution in [1.29, 1.82) is 0 Å². The van der Waals surface area contributed by atoms with Crippen molar-refractivity contribution in [1.82, 2.24) is 0 Å². The van der Waals surface area contributed by atoms with E-state index in [0.29, 0.717) is 4.43 Å². The topological polar surface area (TPSA) is 82.1 Å². The van der Waals surface area contributed by atoms with E-state index >= 15 is 0 Å². The van der Waals surface area contributed by atoms with Gasteiger partial charge in [0, 0.05) is 18.3 Å². The van der Waals surface area contributed by atoms with Gasteiger partial charge in [-0.3, -0.25) is 9.59 Å². The van der Waals surface area contributed by atoms with Crippen molar-refractivity contribution in [2.75, 3.05) is 4.43 Å². The Hall–Kier alpha value is -0.410. The molecule has 1 heterocycles. The Morgan fingerprint density at radius 2 is 1.75 bits per heavy atom. The highest BCUT2D eigenvalue weighted by Crippen LogP contribution is 2.26. The van der Waals surface area contributed by atoms with Crippen molar-refractivity contribution >= 4 is 34.5 Å². The summed E-state index contributed by atoms with van der Waals surface area (Å²) in [5.74, 6) is -1.06. The number of hydrogen-bond donors (Lipinski definition) is 1. The van der Waals surface area contributed by atoms with Gasteiger partial charge in [-0.1, -0.05) is 22.6 Å². The zero-order valence-electron chi connectivity index (χ0n) is 8.88. The van der Waals surface area contributed by atoms with E-state index in [-0.39, 0.29) is 0 Å². The number of esters is 2. The fraction of sp³-hybridized carbons (Fsp3) is 0.778. The Kier molecular flexibility index (Phi) is 4.93. The monoisotopic (exact) mass is 344 g/mol.